The van der Waals surface area contributed by atoms with E-state index in [1.807, 2.05) is 11.8 Å². The number of carbonyl (C=O) groups is 1. The molecule has 0 bridgehead atoms. The summed E-state index contributed by atoms with van der Waals surface area (Å²) in [6.07, 6.45) is 4.32. The molecule has 0 radical (unpaired) electrons. The summed E-state index contributed by atoms with van der Waals surface area (Å²) in [5, 5.41) is 0.138. The third kappa shape index (κ3) is 3.91. The quantitative estimate of drug-likeness (QED) is 0.798. The zero-order chi connectivity index (χ0) is 14.0. The van der Waals surface area contributed by atoms with Gasteiger partial charge in [-0.3, -0.25) is 4.79 Å². The van der Waals surface area contributed by atoms with E-state index >= 15 is 0 Å². The van der Waals surface area contributed by atoms with Gasteiger partial charge in [-0.05, 0) is 19.3 Å². The molecule has 0 amide bonds. The lowest BCUT2D eigenvalue weighted by atomic mass is 9.84. The van der Waals surface area contributed by atoms with Crippen LogP contribution in [0.15, 0.2) is 0 Å². The molecular weight excluding hydrogens is 300 g/mol. The van der Waals surface area contributed by atoms with Gasteiger partial charge in [-0.25, -0.2) is 8.42 Å². The molecular formula is C13H22O3S3. The zero-order valence-electron chi connectivity index (χ0n) is 11.5. The molecule has 4 unspecified atom stereocenters. The molecule has 0 N–H and O–H groups in total. The number of sulfone groups is 1. The predicted molar refractivity (Wildman–Crippen MR) is 83.8 cm³/mol. The molecule has 19 heavy (non-hydrogen) atoms. The largest absolute Gasteiger partial charge is 0.298 e. The number of Topliss-reactive ketones (excluding diaryl/α,β-unsaturated/α-hetero) is 1. The lowest BCUT2D eigenvalue weighted by molar-refractivity contribution is -0.123. The second kappa shape index (κ2) is 6.39. The van der Waals surface area contributed by atoms with Crippen molar-refractivity contribution in [3.63, 3.8) is 0 Å². The highest BCUT2D eigenvalue weighted by atomic mass is 32.2. The van der Waals surface area contributed by atoms with Gasteiger partial charge in [-0.1, -0.05) is 13.3 Å². The van der Waals surface area contributed by atoms with Crippen molar-refractivity contribution in [2.45, 2.75) is 48.4 Å². The maximum Gasteiger partial charge on any atom is 0.150 e. The average Bonchev–Trinajstić information content (AvgIpc) is 2.38. The van der Waals surface area contributed by atoms with Crippen LogP contribution in [0.25, 0.3) is 0 Å². The number of carbonyl (C=O) groups excluding carboxylic acids is 1. The summed E-state index contributed by atoms with van der Waals surface area (Å²) in [6.45, 7) is 2.12. The van der Waals surface area contributed by atoms with Crippen molar-refractivity contribution in [1.82, 2.24) is 0 Å². The van der Waals surface area contributed by atoms with E-state index < -0.39 is 9.84 Å². The first-order chi connectivity index (χ1) is 8.89. The van der Waals surface area contributed by atoms with Crippen molar-refractivity contribution in [3.05, 3.63) is 0 Å². The van der Waals surface area contributed by atoms with Crippen LogP contribution in [0.1, 0.15) is 32.6 Å². The number of thioether (sulfide) groups is 2. The lowest BCUT2D eigenvalue weighted by Crippen LogP contribution is -2.39. The number of ketones is 1. The van der Waals surface area contributed by atoms with Crippen molar-refractivity contribution in [3.8, 4) is 0 Å². The summed E-state index contributed by atoms with van der Waals surface area (Å²) >= 11 is 3.63. The molecule has 0 aromatic carbocycles. The van der Waals surface area contributed by atoms with Gasteiger partial charge >= 0.3 is 0 Å². The molecule has 1 heterocycles. The first-order valence-corrected chi connectivity index (χ1v) is 10.9. The van der Waals surface area contributed by atoms with Crippen LogP contribution >= 0.6 is 23.5 Å². The van der Waals surface area contributed by atoms with Crippen LogP contribution in [0.5, 0.6) is 0 Å². The van der Waals surface area contributed by atoms with E-state index in [4.69, 9.17) is 0 Å². The first kappa shape index (κ1) is 15.7. The van der Waals surface area contributed by atoms with Crippen LogP contribution in [0.3, 0.4) is 0 Å². The third-order valence-corrected chi connectivity index (χ3v) is 8.85. The number of rotatable bonds is 3. The SMILES string of the molecule is CC1SCCSC1C(=O)C1CCCC(S(C)(=O)=O)C1. The Morgan fingerprint density at radius 2 is 1.84 bits per heavy atom. The Labute approximate surface area is 124 Å². The van der Waals surface area contributed by atoms with E-state index in [1.165, 1.54) is 6.26 Å². The van der Waals surface area contributed by atoms with Gasteiger partial charge < -0.3 is 0 Å². The number of hydrogen-bond donors (Lipinski definition) is 0. The van der Waals surface area contributed by atoms with E-state index in [-0.39, 0.29) is 16.4 Å². The van der Waals surface area contributed by atoms with Crippen LogP contribution in [0.4, 0.5) is 0 Å². The van der Waals surface area contributed by atoms with Gasteiger partial charge in [-0.2, -0.15) is 11.8 Å². The maximum absolute atomic E-state index is 12.6. The highest BCUT2D eigenvalue weighted by Gasteiger charge is 2.38. The lowest BCUT2D eigenvalue weighted by Gasteiger charge is -2.33. The molecule has 0 aromatic rings. The van der Waals surface area contributed by atoms with Crippen molar-refractivity contribution in [1.29, 1.82) is 0 Å². The monoisotopic (exact) mass is 322 g/mol. The topological polar surface area (TPSA) is 51.2 Å². The third-order valence-electron chi connectivity index (χ3n) is 4.10. The minimum atomic E-state index is -3.00. The Balaban J connectivity index is 2.02. The summed E-state index contributed by atoms with van der Waals surface area (Å²) in [4.78, 5) is 12.6. The first-order valence-electron chi connectivity index (χ1n) is 6.85. The van der Waals surface area contributed by atoms with Gasteiger partial charge in [0.1, 0.15) is 15.6 Å². The van der Waals surface area contributed by atoms with Crippen molar-refractivity contribution >= 4 is 39.1 Å². The standard InChI is InChI=1S/C13H22O3S3/c1-9-13(18-7-6-17-9)12(14)10-4-3-5-11(8-10)19(2,15)16/h9-11,13H,3-8H2,1-2H3. The van der Waals surface area contributed by atoms with Gasteiger partial charge in [0.25, 0.3) is 0 Å². The fraction of sp³-hybridized carbons (Fsp3) is 0.923. The van der Waals surface area contributed by atoms with E-state index in [0.717, 1.165) is 30.8 Å². The van der Waals surface area contributed by atoms with Gasteiger partial charge in [0.2, 0.25) is 0 Å². The van der Waals surface area contributed by atoms with Gasteiger partial charge in [0.15, 0.2) is 0 Å². The average molecular weight is 323 g/mol. The van der Waals surface area contributed by atoms with Gasteiger partial charge in [0, 0.05) is 28.9 Å². The summed E-state index contributed by atoms with van der Waals surface area (Å²) in [5.41, 5.74) is 0. The Bertz CT molecular complexity index is 432. The predicted octanol–water partition coefficient (Wildman–Crippen LogP) is 2.40. The van der Waals surface area contributed by atoms with E-state index in [1.54, 1.807) is 11.8 Å². The smallest absolute Gasteiger partial charge is 0.150 e. The van der Waals surface area contributed by atoms with Crippen LogP contribution in [0.2, 0.25) is 0 Å². The Morgan fingerprint density at radius 1 is 1.16 bits per heavy atom. The Kier molecular flexibility index (Phi) is 5.28. The van der Waals surface area contributed by atoms with E-state index in [0.29, 0.717) is 17.5 Å². The zero-order valence-corrected chi connectivity index (χ0v) is 14.0. The molecule has 110 valence electrons. The summed E-state index contributed by atoms with van der Waals surface area (Å²) in [6, 6.07) is 0. The molecule has 3 nitrogen and oxygen atoms in total. The highest BCUT2D eigenvalue weighted by molar-refractivity contribution is 8.07. The second-order valence-corrected chi connectivity index (χ2v) is 10.6. The highest BCUT2D eigenvalue weighted by Crippen LogP contribution is 2.37. The number of hydrogen-bond acceptors (Lipinski definition) is 5. The van der Waals surface area contributed by atoms with Crippen LogP contribution in [-0.4, -0.2) is 47.7 Å². The minimum absolute atomic E-state index is 0.0351. The molecule has 1 aliphatic carbocycles. The molecule has 1 aliphatic heterocycles. The van der Waals surface area contributed by atoms with Crippen molar-refractivity contribution in [2.24, 2.45) is 5.92 Å². The van der Waals surface area contributed by atoms with Gasteiger partial charge in [0.05, 0.1) is 10.5 Å². The van der Waals surface area contributed by atoms with Crippen LogP contribution in [-0.2, 0) is 14.6 Å². The molecule has 0 spiro atoms. The fourth-order valence-electron chi connectivity index (χ4n) is 2.97. The minimum Gasteiger partial charge on any atom is -0.298 e. The molecule has 6 heteroatoms. The van der Waals surface area contributed by atoms with Crippen LogP contribution in [0, 0.1) is 5.92 Å². The van der Waals surface area contributed by atoms with Crippen LogP contribution < -0.4 is 0 Å². The summed E-state index contributed by atoms with van der Waals surface area (Å²) < 4.78 is 23.3. The summed E-state index contributed by atoms with van der Waals surface area (Å²) in [5.74, 6) is 2.42. The van der Waals surface area contributed by atoms with E-state index in [2.05, 4.69) is 6.92 Å². The molecule has 2 aliphatic rings. The maximum atomic E-state index is 12.6. The van der Waals surface area contributed by atoms with Gasteiger partial charge in [-0.15, -0.1) is 11.8 Å². The molecule has 4 atom stereocenters. The normalized spacial score (nSPS) is 36.9. The molecule has 1 saturated heterocycles. The molecule has 2 rings (SSSR count). The van der Waals surface area contributed by atoms with Crippen molar-refractivity contribution < 1.29 is 13.2 Å². The van der Waals surface area contributed by atoms with E-state index in [9.17, 15) is 13.2 Å². The molecule has 0 aromatic heterocycles. The Morgan fingerprint density at radius 3 is 2.47 bits per heavy atom. The fourth-order valence-corrected chi connectivity index (χ4v) is 6.95. The summed E-state index contributed by atoms with van der Waals surface area (Å²) in [7, 11) is -3.00. The molecule has 1 saturated carbocycles. The molecule has 2 fully saturated rings. The Hall–Kier alpha value is 0.320. The second-order valence-electron chi connectivity index (χ2n) is 5.58. The van der Waals surface area contributed by atoms with Crippen molar-refractivity contribution in [2.75, 3.05) is 17.8 Å².